The Balaban J connectivity index is 2.67. The van der Waals surface area contributed by atoms with Crippen LogP contribution in [-0.4, -0.2) is 33.6 Å². The third-order valence-corrected chi connectivity index (χ3v) is 2.93. The second kappa shape index (κ2) is 6.06. The number of aromatic nitrogens is 2. The van der Waals surface area contributed by atoms with Crippen molar-refractivity contribution in [3.8, 4) is 0 Å². The molecule has 0 bridgehead atoms. The van der Waals surface area contributed by atoms with E-state index in [1.807, 2.05) is 34.6 Å². The number of hydrogen-bond acceptors (Lipinski definition) is 3. The van der Waals surface area contributed by atoms with Crippen molar-refractivity contribution in [3.63, 3.8) is 0 Å². The Hall–Kier alpha value is -1.56. The molecule has 6 nitrogen and oxygen atoms in total. The number of aliphatic hydroxyl groups excluding tert-OH is 1. The third-order valence-electron chi connectivity index (χ3n) is 2.93. The van der Waals surface area contributed by atoms with Crippen LogP contribution in [0.1, 0.15) is 40.7 Å². The van der Waals surface area contributed by atoms with Crippen molar-refractivity contribution in [1.29, 1.82) is 0 Å². The fourth-order valence-corrected chi connectivity index (χ4v) is 1.67. The number of rotatable bonds is 4. The summed E-state index contributed by atoms with van der Waals surface area (Å²) in [4.78, 5) is 11.9. The zero-order valence-corrected chi connectivity index (χ0v) is 12.3. The van der Waals surface area contributed by atoms with E-state index in [1.54, 1.807) is 16.9 Å². The van der Waals surface area contributed by atoms with Crippen LogP contribution in [0.3, 0.4) is 0 Å². The van der Waals surface area contributed by atoms with Gasteiger partial charge in [-0.25, -0.2) is 9.48 Å². The summed E-state index contributed by atoms with van der Waals surface area (Å²) in [6.07, 6.45) is 1.64. The van der Waals surface area contributed by atoms with Crippen LogP contribution in [0, 0.1) is 5.41 Å². The first-order valence-electron chi connectivity index (χ1n) is 6.47. The molecule has 1 aromatic heterocycles. The summed E-state index contributed by atoms with van der Waals surface area (Å²) in [7, 11) is 0. The molecule has 0 aliphatic heterocycles. The fourth-order valence-electron chi connectivity index (χ4n) is 1.67. The second-order valence-electron chi connectivity index (χ2n) is 5.95. The van der Waals surface area contributed by atoms with Crippen LogP contribution in [0.4, 0.5) is 10.6 Å². The minimum atomic E-state index is -0.337. The van der Waals surface area contributed by atoms with Gasteiger partial charge in [0.05, 0.1) is 18.8 Å². The average molecular weight is 268 g/mol. The van der Waals surface area contributed by atoms with E-state index in [-0.39, 0.29) is 30.1 Å². The van der Waals surface area contributed by atoms with Gasteiger partial charge in [-0.05, 0) is 19.3 Å². The van der Waals surface area contributed by atoms with Crippen LogP contribution in [-0.2, 0) is 0 Å². The first-order chi connectivity index (χ1) is 8.75. The first-order valence-corrected chi connectivity index (χ1v) is 6.47. The molecular formula is C13H24N4O2. The number of hydrogen-bond donors (Lipinski definition) is 3. The summed E-state index contributed by atoms with van der Waals surface area (Å²) < 4.78 is 1.73. The molecule has 0 saturated heterocycles. The number of carbonyl (C=O) groups is 1. The van der Waals surface area contributed by atoms with Gasteiger partial charge in [-0.2, -0.15) is 5.10 Å². The maximum Gasteiger partial charge on any atom is 0.320 e. The molecule has 0 radical (unpaired) electrons. The Kier molecular flexibility index (Phi) is 4.94. The lowest BCUT2D eigenvalue weighted by atomic mass is 9.87. The lowest BCUT2D eigenvalue weighted by Crippen LogP contribution is -2.48. The van der Waals surface area contributed by atoms with Crippen molar-refractivity contribution >= 4 is 11.8 Å². The molecule has 0 spiro atoms. The predicted molar refractivity (Wildman–Crippen MR) is 75.1 cm³/mol. The highest BCUT2D eigenvalue weighted by molar-refractivity contribution is 5.88. The Labute approximate surface area is 114 Å². The van der Waals surface area contributed by atoms with Gasteiger partial charge in [0.15, 0.2) is 0 Å². The zero-order chi connectivity index (χ0) is 14.6. The predicted octanol–water partition coefficient (Wildman–Crippen LogP) is 1.99. The lowest BCUT2D eigenvalue weighted by molar-refractivity contribution is 0.162. The quantitative estimate of drug-likeness (QED) is 0.781. The van der Waals surface area contributed by atoms with E-state index in [0.717, 1.165) is 0 Å². The Morgan fingerprint density at radius 3 is 2.58 bits per heavy atom. The van der Waals surface area contributed by atoms with Crippen molar-refractivity contribution in [2.24, 2.45) is 5.41 Å². The molecule has 19 heavy (non-hydrogen) atoms. The van der Waals surface area contributed by atoms with E-state index in [4.69, 9.17) is 0 Å². The average Bonchev–Trinajstić information content (AvgIpc) is 2.72. The van der Waals surface area contributed by atoms with Crippen molar-refractivity contribution in [2.45, 2.75) is 46.7 Å². The molecule has 6 heteroatoms. The smallest absolute Gasteiger partial charge is 0.320 e. The molecule has 3 N–H and O–H groups in total. The van der Waals surface area contributed by atoms with Gasteiger partial charge in [-0.3, -0.25) is 5.32 Å². The Morgan fingerprint density at radius 1 is 1.47 bits per heavy atom. The van der Waals surface area contributed by atoms with Gasteiger partial charge in [0, 0.05) is 12.1 Å². The number of amides is 2. The summed E-state index contributed by atoms with van der Waals surface area (Å²) in [5, 5.41) is 19.0. The SMILES string of the molecule is CC(C)n1nccc1NC(=O)N[C@H](CO)C(C)(C)C. The maximum absolute atomic E-state index is 11.9. The van der Waals surface area contributed by atoms with Gasteiger partial charge in [0.1, 0.15) is 5.82 Å². The molecule has 108 valence electrons. The number of aliphatic hydroxyl groups is 1. The molecule has 1 rings (SSSR count). The highest BCUT2D eigenvalue weighted by Gasteiger charge is 2.25. The first kappa shape index (κ1) is 15.5. The number of anilines is 1. The van der Waals surface area contributed by atoms with Crippen LogP contribution < -0.4 is 10.6 Å². The van der Waals surface area contributed by atoms with Crippen LogP contribution in [0.15, 0.2) is 12.3 Å². The largest absolute Gasteiger partial charge is 0.394 e. The van der Waals surface area contributed by atoms with Crippen LogP contribution in [0.25, 0.3) is 0 Å². The summed E-state index contributed by atoms with van der Waals surface area (Å²) in [5.41, 5.74) is -0.204. The van der Waals surface area contributed by atoms with Crippen LogP contribution in [0.5, 0.6) is 0 Å². The summed E-state index contributed by atoms with van der Waals surface area (Å²) in [5.74, 6) is 0.637. The minimum absolute atomic E-state index is 0.0969. The molecule has 0 aliphatic carbocycles. The van der Waals surface area contributed by atoms with E-state index in [9.17, 15) is 9.90 Å². The van der Waals surface area contributed by atoms with Crippen LogP contribution >= 0.6 is 0 Å². The van der Waals surface area contributed by atoms with Crippen LogP contribution in [0.2, 0.25) is 0 Å². The number of carbonyl (C=O) groups excluding carboxylic acids is 1. The molecule has 0 saturated carbocycles. The zero-order valence-electron chi connectivity index (χ0n) is 12.3. The van der Waals surface area contributed by atoms with Crippen molar-refractivity contribution < 1.29 is 9.90 Å². The molecule has 0 unspecified atom stereocenters. The molecule has 1 atom stereocenters. The summed E-state index contributed by atoms with van der Waals surface area (Å²) in [6, 6.07) is 1.27. The van der Waals surface area contributed by atoms with Crippen molar-refractivity contribution in [2.75, 3.05) is 11.9 Å². The van der Waals surface area contributed by atoms with Gasteiger partial charge in [0.2, 0.25) is 0 Å². The molecular weight excluding hydrogens is 244 g/mol. The third kappa shape index (κ3) is 4.24. The summed E-state index contributed by atoms with van der Waals surface area (Å²) in [6.45, 7) is 9.77. The van der Waals surface area contributed by atoms with Gasteiger partial charge in [-0.1, -0.05) is 20.8 Å². The minimum Gasteiger partial charge on any atom is -0.394 e. The van der Waals surface area contributed by atoms with Gasteiger partial charge < -0.3 is 10.4 Å². The molecule has 2 amide bonds. The van der Waals surface area contributed by atoms with Gasteiger partial charge in [0.25, 0.3) is 0 Å². The fraction of sp³-hybridized carbons (Fsp3) is 0.692. The van der Waals surface area contributed by atoms with E-state index < -0.39 is 0 Å². The molecule has 0 fully saturated rings. The summed E-state index contributed by atoms with van der Waals surface area (Å²) >= 11 is 0. The Bertz CT molecular complexity index is 421. The van der Waals surface area contributed by atoms with Gasteiger partial charge in [-0.15, -0.1) is 0 Å². The normalized spacial score (nSPS) is 13.4. The van der Waals surface area contributed by atoms with Crippen molar-refractivity contribution in [3.05, 3.63) is 12.3 Å². The monoisotopic (exact) mass is 268 g/mol. The van der Waals surface area contributed by atoms with E-state index >= 15 is 0 Å². The van der Waals surface area contributed by atoms with E-state index in [0.29, 0.717) is 5.82 Å². The topological polar surface area (TPSA) is 79.2 Å². The van der Waals surface area contributed by atoms with Gasteiger partial charge >= 0.3 is 6.03 Å². The highest BCUT2D eigenvalue weighted by Crippen LogP contribution is 2.19. The van der Waals surface area contributed by atoms with E-state index in [2.05, 4.69) is 15.7 Å². The molecule has 1 aromatic rings. The molecule has 0 aromatic carbocycles. The standard InChI is InChI=1S/C13H24N4O2/c1-9(2)17-11(6-7-14-17)16-12(19)15-10(8-18)13(3,4)5/h6-7,9-10,18H,8H2,1-5H3,(H2,15,16,19)/t10-/m1/s1. The number of nitrogens with one attached hydrogen (secondary N) is 2. The molecule has 0 aliphatic rings. The second-order valence-corrected chi connectivity index (χ2v) is 5.95. The van der Waals surface area contributed by atoms with Crippen molar-refractivity contribution in [1.82, 2.24) is 15.1 Å². The maximum atomic E-state index is 11.9. The lowest BCUT2D eigenvalue weighted by Gasteiger charge is -2.29. The highest BCUT2D eigenvalue weighted by atomic mass is 16.3. The number of urea groups is 1. The molecule has 1 heterocycles. The number of nitrogens with zero attached hydrogens (tertiary/aromatic N) is 2. The Morgan fingerprint density at radius 2 is 2.11 bits per heavy atom. The van der Waals surface area contributed by atoms with E-state index in [1.165, 1.54) is 0 Å².